The van der Waals surface area contributed by atoms with Crippen LogP contribution in [0.4, 0.5) is 5.82 Å². The van der Waals surface area contributed by atoms with Gasteiger partial charge in [-0.2, -0.15) is 4.98 Å². The van der Waals surface area contributed by atoms with E-state index in [9.17, 15) is 9.90 Å². The fraction of sp³-hybridized carbons (Fsp3) is 0.583. The molecule has 6 heteroatoms. The molecule has 1 aliphatic heterocycles. The Labute approximate surface area is 106 Å². The summed E-state index contributed by atoms with van der Waals surface area (Å²) in [4.78, 5) is 21.7. The number of hydrogen-bond donors (Lipinski definition) is 1. The highest BCUT2D eigenvalue weighted by atomic mass is 16.5. The Morgan fingerprint density at radius 3 is 2.89 bits per heavy atom. The van der Waals surface area contributed by atoms with Crippen molar-refractivity contribution in [2.24, 2.45) is 0 Å². The Balaban J connectivity index is 2.42. The van der Waals surface area contributed by atoms with Gasteiger partial charge in [0, 0.05) is 12.6 Å². The molecule has 0 aromatic carbocycles. The molecule has 1 atom stereocenters. The predicted octanol–water partition coefficient (Wildman–Crippen LogP) is 1.24. The molecule has 1 unspecified atom stereocenters. The standard InChI is InChI=1S/C12H17N3O3/c1-8-13-9(7-10(14-8)18-3)15-6-4-5-12(15,2)11(16)17/h7H,4-6H2,1-3H3,(H,16,17). The SMILES string of the molecule is COc1cc(N2CCCC2(C)C(=O)O)nc(C)n1. The van der Waals surface area contributed by atoms with Gasteiger partial charge in [-0.1, -0.05) is 0 Å². The third-order valence-electron chi connectivity index (χ3n) is 3.39. The van der Waals surface area contributed by atoms with E-state index in [1.807, 2.05) is 4.90 Å². The van der Waals surface area contributed by atoms with Crippen LogP contribution in [0.25, 0.3) is 0 Å². The summed E-state index contributed by atoms with van der Waals surface area (Å²) >= 11 is 0. The van der Waals surface area contributed by atoms with E-state index in [1.165, 1.54) is 7.11 Å². The molecule has 0 spiro atoms. The number of rotatable bonds is 3. The van der Waals surface area contributed by atoms with Crippen LogP contribution in [0.5, 0.6) is 5.88 Å². The van der Waals surface area contributed by atoms with Gasteiger partial charge < -0.3 is 14.7 Å². The zero-order valence-corrected chi connectivity index (χ0v) is 10.8. The van der Waals surface area contributed by atoms with Crippen LogP contribution in [0, 0.1) is 6.92 Å². The summed E-state index contributed by atoms with van der Waals surface area (Å²) in [7, 11) is 1.53. The highest BCUT2D eigenvalue weighted by molar-refractivity contribution is 5.83. The van der Waals surface area contributed by atoms with Crippen LogP contribution < -0.4 is 9.64 Å². The molecule has 1 aromatic heterocycles. The summed E-state index contributed by atoms with van der Waals surface area (Å²) in [6.07, 6.45) is 1.46. The van der Waals surface area contributed by atoms with Gasteiger partial charge in [0.25, 0.3) is 0 Å². The molecule has 1 fully saturated rings. The Morgan fingerprint density at radius 2 is 2.28 bits per heavy atom. The van der Waals surface area contributed by atoms with E-state index in [4.69, 9.17) is 4.74 Å². The molecule has 0 radical (unpaired) electrons. The van der Waals surface area contributed by atoms with E-state index < -0.39 is 11.5 Å². The second-order valence-electron chi connectivity index (χ2n) is 4.65. The summed E-state index contributed by atoms with van der Waals surface area (Å²) < 4.78 is 5.10. The summed E-state index contributed by atoms with van der Waals surface area (Å²) in [5.41, 5.74) is -0.897. The molecular weight excluding hydrogens is 234 g/mol. The van der Waals surface area contributed by atoms with Crippen molar-refractivity contribution in [1.29, 1.82) is 0 Å². The minimum atomic E-state index is -0.897. The number of carboxylic acids is 1. The molecule has 2 rings (SSSR count). The second kappa shape index (κ2) is 4.44. The van der Waals surface area contributed by atoms with Gasteiger partial charge in [-0.25, -0.2) is 9.78 Å². The van der Waals surface area contributed by atoms with Gasteiger partial charge in [-0.15, -0.1) is 0 Å². The lowest BCUT2D eigenvalue weighted by molar-refractivity contribution is -0.142. The van der Waals surface area contributed by atoms with Crippen LogP contribution in [0.3, 0.4) is 0 Å². The number of methoxy groups -OCH3 is 1. The molecule has 0 saturated carbocycles. The molecule has 1 aromatic rings. The van der Waals surface area contributed by atoms with Crippen molar-refractivity contribution in [3.05, 3.63) is 11.9 Å². The first-order valence-corrected chi connectivity index (χ1v) is 5.88. The first-order valence-electron chi connectivity index (χ1n) is 5.88. The fourth-order valence-corrected chi connectivity index (χ4v) is 2.32. The first kappa shape index (κ1) is 12.6. The largest absolute Gasteiger partial charge is 0.481 e. The van der Waals surface area contributed by atoms with E-state index in [0.29, 0.717) is 30.5 Å². The van der Waals surface area contributed by atoms with Crippen molar-refractivity contribution in [2.45, 2.75) is 32.2 Å². The monoisotopic (exact) mass is 251 g/mol. The minimum absolute atomic E-state index is 0.456. The Kier molecular flexibility index (Phi) is 3.11. The molecule has 1 N–H and O–H groups in total. The Hall–Kier alpha value is -1.85. The summed E-state index contributed by atoms with van der Waals surface area (Å²) in [5, 5.41) is 9.38. The average Bonchev–Trinajstić information content (AvgIpc) is 2.72. The summed E-state index contributed by atoms with van der Waals surface area (Å²) in [6.45, 7) is 4.18. The molecule has 2 heterocycles. The van der Waals surface area contributed by atoms with Crippen LogP contribution in [0.2, 0.25) is 0 Å². The number of ether oxygens (including phenoxy) is 1. The third kappa shape index (κ3) is 1.98. The van der Waals surface area contributed by atoms with Crippen LogP contribution in [-0.2, 0) is 4.79 Å². The van der Waals surface area contributed by atoms with Crippen molar-refractivity contribution >= 4 is 11.8 Å². The number of carboxylic acid groups (broad SMARTS) is 1. The van der Waals surface area contributed by atoms with Gasteiger partial charge in [-0.3, -0.25) is 0 Å². The van der Waals surface area contributed by atoms with Crippen molar-refractivity contribution in [2.75, 3.05) is 18.6 Å². The summed E-state index contributed by atoms with van der Waals surface area (Å²) in [5.74, 6) is 0.818. The zero-order valence-electron chi connectivity index (χ0n) is 10.8. The minimum Gasteiger partial charge on any atom is -0.481 e. The number of aryl methyl sites for hydroxylation is 1. The van der Waals surface area contributed by atoms with Gasteiger partial charge in [0.15, 0.2) is 0 Å². The highest BCUT2D eigenvalue weighted by Gasteiger charge is 2.44. The van der Waals surface area contributed by atoms with Crippen molar-refractivity contribution in [3.63, 3.8) is 0 Å². The van der Waals surface area contributed by atoms with E-state index >= 15 is 0 Å². The number of nitrogens with zero attached hydrogens (tertiary/aromatic N) is 3. The van der Waals surface area contributed by atoms with Gasteiger partial charge in [0.2, 0.25) is 5.88 Å². The third-order valence-corrected chi connectivity index (χ3v) is 3.39. The number of carbonyl (C=O) groups is 1. The normalized spacial score (nSPS) is 23.2. The lowest BCUT2D eigenvalue weighted by Gasteiger charge is -2.32. The zero-order chi connectivity index (χ0) is 13.3. The predicted molar refractivity (Wildman–Crippen MR) is 65.9 cm³/mol. The van der Waals surface area contributed by atoms with Crippen molar-refractivity contribution in [1.82, 2.24) is 9.97 Å². The number of anilines is 1. The van der Waals surface area contributed by atoms with E-state index in [-0.39, 0.29) is 0 Å². The van der Waals surface area contributed by atoms with E-state index in [2.05, 4.69) is 9.97 Å². The van der Waals surface area contributed by atoms with Gasteiger partial charge in [-0.05, 0) is 26.7 Å². The Morgan fingerprint density at radius 1 is 1.56 bits per heavy atom. The quantitative estimate of drug-likeness (QED) is 0.871. The molecule has 1 aliphatic rings. The maximum absolute atomic E-state index is 11.4. The highest BCUT2D eigenvalue weighted by Crippen LogP contribution is 2.34. The lowest BCUT2D eigenvalue weighted by Crippen LogP contribution is -2.48. The van der Waals surface area contributed by atoms with Crippen molar-refractivity contribution < 1.29 is 14.6 Å². The number of hydrogen-bond acceptors (Lipinski definition) is 5. The summed E-state index contributed by atoms with van der Waals surface area (Å²) in [6, 6.07) is 1.68. The van der Waals surface area contributed by atoms with Crippen LogP contribution >= 0.6 is 0 Å². The number of aromatic nitrogens is 2. The van der Waals surface area contributed by atoms with Crippen LogP contribution in [0.15, 0.2) is 6.07 Å². The molecule has 1 saturated heterocycles. The van der Waals surface area contributed by atoms with Crippen molar-refractivity contribution in [3.8, 4) is 5.88 Å². The smallest absolute Gasteiger partial charge is 0.329 e. The maximum atomic E-state index is 11.4. The molecule has 0 bridgehead atoms. The molecule has 6 nitrogen and oxygen atoms in total. The van der Waals surface area contributed by atoms with E-state index in [0.717, 1.165) is 6.42 Å². The molecule has 0 aliphatic carbocycles. The van der Waals surface area contributed by atoms with E-state index in [1.54, 1.807) is 19.9 Å². The molecule has 0 amide bonds. The fourth-order valence-electron chi connectivity index (χ4n) is 2.32. The average molecular weight is 251 g/mol. The number of aliphatic carboxylic acids is 1. The molecular formula is C12H17N3O3. The maximum Gasteiger partial charge on any atom is 0.329 e. The molecule has 18 heavy (non-hydrogen) atoms. The lowest BCUT2D eigenvalue weighted by atomic mass is 9.99. The van der Waals surface area contributed by atoms with Gasteiger partial charge >= 0.3 is 5.97 Å². The molecule has 98 valence electrons. The van der Waals surface area contributed by atoms with Gasteiger partial charge in [0.1, 0.15) is 17.2 Å². The first-order chi connectivity index (χ1) is 8.47. The van der Waals surface area contributed by atoms with Crippen LogP contribution in [-0.4, -0.2) is 40.2 Å². The van der Waals surface area contributed by atoms with Crippen LogP contribution in [0.1, 0.15) is 25.6 Å². The Bertz CT molecular complexity index is 478. The topological polar surface area (TPSA) is 75.5 Å². The van der Waals surface area contributed by atoms with Gasteiger partial charge in [0.05, 0.1) is 7.11 Å². The second-order valence-corrected chi connectivity index (χ2v) is 4.65.